The normalized spacial score (nSPS) is 11.1. The Hall–Kier alpha value is -1.97. The molecule has 2 aromatic rings. The van der Waals surface area contributed by atoms with Crippen LogP contribution in [-0.4, -0.2) is 13.3 Å². The third-order valence-corrected chi connectivity index (χ3v) is 3.82. The zero-order valence-corrected chi connectivity index (χ0v) is 13.6. The van der Waals surface area contributed by atoms with Crippen LogP contribution in [0.3, 0.4) is 0 Å². The second-order valence-electron chi connectivity index (χ2n) is 4.51. The topological polar surface area (TPSA) is 45.1 Å². The van der Waals surface area contributed by atoms with E-state index < -0.39 is 0 Å². The molecule has 0 aliphatic heterocycles. The second-order valence-corrected chi connectivity index (χ2v) is 5.33. The summed E-state index contributed by atoms with van der Waals surface area (Å²) in [5.41, 5.74) is 2.55. The summed E-state index contributed by atoms with van der Waals surface area (Å²) in [6.45, 7) is 0.297. The average Bonchev–Trinajstić information content (AvgIpc) is 2.52. The molecule has 0 bridgehead atoms. The van der Waals surface area contributed by atoms with Gasteiger partial charge >= 0.3 is 0 Å². The molecule has 0 fully saturated rings. The summed E-state index contributed by atoms with van der Waals surface area (Å²) in [5.74, 6) is 0.708. The summed E-state index contributed by atoms with van der Waals surface area (Å²) < 4.78 is 5.79. The third kappa shape index (κ3) is 4.03. The van der Waals surface area contributed by atoms with Gasteiger partial charge in [0.15, 0.2) is 0 Å². The Kier molecular flexibility index (Phi) is 5.87. The van der Waals surface area contributed by atoms with Gasteiger partial charge in [0.25, 0.3) is 0 Å². The molecule has 0 saturated carbocycles. The summed E-state index contributed by atoms with van der Waals surface area (Å²) in [6, 6.07) is 13.0. The van der Waals surface area contributed by atoms with Crippen LogP contribution in [-0.2, 0) is 6.61 Å². The van der Waals surface area contributed by atoms with E-state index in [1.807, 2.05) is 31.3 Å². The van der Waals surface area contributed by atoms with E-state index in [-0.39, 0.29) is 0 Å². The summed E-state index contributed by atoms with van der Waals surface area (Å²) in [7, 11) is 1.81. The summed E-state index contributed by atoms with van der Waals surface area (Å²) in [6.07, 6.45) is 2.92. The maximum Gasteiger partial charge on any atom is 0.120 e. The van der Waals surface area contributed by atoms with Gasteiger partial charge in [-0.25, -0.2) is 0 Å². The molecule has 5 heteroatoms. The van der Waals surface area contributed by atoms with Crippen LogP contribution in [0.5, 0.6) is 5.75 Å². The first-order valence-corrected chi connectivity index (χ1v) is 7.46. The molecule has 0 heterocycles. The molecule has 0 aliphatic rings. The highest BCUT2D eigenvalue weighted by molar-refractivity contribution is 6.35. The second kappa shape index (κ2) is 7.87. The van der Waals surface area contributed by atoms with Crippen LogP contribution in [0.2, 0.25) is 10.0 Å². The van der Waals surface area contributed by atoms with E-state index in [0.29, 0.717) is 22.4 Å². The number of hydrogen-bond donors (Lipinski definition) is 2. The Balaban J connectivity index is 2.17. The molecule has 114 valence electrons. The molecule has 0 amide bonds. The van der Waals surface area contributed by atoms with Crippen LogP contribution < -0.4 is 10.1 Å². The minimum atomic E-state index is 0.297. The molecule has 0 atom stereocenters. The lowest BCUT2D eigenvalue weighted by molar-refractivity contribution is 0.306. The molecular formula is C17H16Cl2N2O. The smallest absolute Gasteiger partial charge is 0.120 e. The summed E-state index contributed by atoms with van der Waals surface area (Å²) in [4.78, 5) is 0. The number of ether oxygens (including phenoxy) is 1. The Morgan fingerprint density at radius 1 is 1.18 bits per heavy atom. The number of benzene rings is 2. The van der Waals surface area contributed by atoms with Gasteiger partial charge in [-0.05, 0) is 30.3 Å². The average molecular weight is 335 g/mol. The molecule has 0 spiro atoms. The Bertz CT molecular complexity index is 679. The zero-order valence-electron chi connectivity index (χ0n) is 12.1. The van der Waals surface area contributed by atoms with E-state index in [1.54, 1.807) is 24.3 Å². The van der Waals surface area contributed by atoms with Gasteiger partial charge < -0.3 is 15.5 Å². The largest absolute Gasteiger partial charge is 0.489 e. The van der Waals surface area contributed by atoms with Crippen molar-refractivity contribution in [3.8, 4) is 5.75 Å². The van der Waals surface area contributed by atoms with Crippen molar-refractivity contribution < 1.29 is 4.74 Å². The van der Waals surface area contributed by atoms with E-state index in [9.17, 15) is 0 Å². The van der Waals surface area contributed by atoms with E-state index in [0.717, 1.165) is 16.8 Å². The predicted octanol–water partition coefficient (Wildman–Crippen LogP) is 4.78. The maximum absolute atomic E-state index is 7.18. The van der Waals surface area contributed by atoms with Gasteiger partial charge in [0, 0.05) is 40.1 Å². The van der Waals surface area contributed by atoms with E-state index in [2.05, 4.69) is 5.32 Å². The molecule has 22 heavy (non-hydrogen) atoms. The van der Waals surface area contributed by atoms with Crippen LogP contribution in [0.4, 0.5) is 0 Å². The standard InChI is InChI=1S/C17H16Cl2N2O/c1-21-17(8-9-20)12-4-2-5-13(10-12)22-11-14-15(18)6-3-7-16(14)19/h2-10,20-21H,11H2,1H3/b17-8-,20-9?. The lowest BCUT2D eigenvalue weighted by Gasteiger charge is -2.12. The number of nitrogens with one attached hydrogen (secondary N) is 2. The lowest BCUT2D eigenvalue weighted by atomic mass is 10.1. The van der Waals surface area contributed by atoms with Crippen LogP contribution in [0, 0.1) is 5.41 Å². The molecule has 0 aromatic heterocycles. The van der Waals surface area contributed by atoms with E-state index in [4.69, 9.17) is 33.3 Å². The summed E-state index contributed by atoms with van der Waals surface area (Å²) >= 11 is 12.3. The highest BCUT2D eigenvalue weighted by Crippen LogP contribution is 2.26. The fourth-order valence-corrected chi connectivity index (χ4v) is 2.49. The number of rotatable bonds is 6. The molecule has 0 saturated heterocycles. The maximum atomic E-state index is 7.18. The molecular weight excluding hydrogens is 319 g/mol. The van der Waals surface area contributed by atoms with Crippen LogP contribution in [0.15, 0.2) is 48.5 Å². The summed E-state index contributed by atoms with van der Waals surface area (Å²) in [5, 5.41) is 11.4. The van der Waals surface area contributed by atoms with Crippen LogP contribution >= 0.6 is 23.2 Å². The molecule has 0 aliphatic carbocycles. The zero-order chi connectivity index (χ0) is 15.9. The quantitative estimate of drug-likeness (QED) is 0.746. The monoisotopic (exact) mass is 334 g/mol. The van der Waals surface area contributed by atoms with Gasteiger partial charge in [-0.2, -0.15) is 0 Å². The minimum Gasteiger partial charge on any atom is -0.489 e. The molecule has 0 radical (unpaired) electrons. The SMILES string of the molecule is CN/C(=C\C=N)c1cccc(OCc2c(Cl)cccc2Cl)c1. The first-order valence-electron chi connectivity index (χ1n) is 6.70. The minimum absolute atomic E-state index is 0.297. The molecule has 2 rings (SSSR count). The fourth-order valence-electron chi connectivity index (χ4n) is 1.99. The van der Waals surface area contributed by atoms with Crippen molar-refractivity contribution in [3.63, 3.8) is 0 Å². The first kappa shape index (κ1) is 16.4. The van der Waals surface area contributed by atoms with Gasteiger partial charge in [-0.1, -0.05) is 41.4 Å². The van der Waals surface area contributed by atoms with Crippen LogP contribution in [0.1, 0.15) is 11.1 Å². The van der Waals surface area contributed by atoms with Crippen molar-refractivity contribution in [1.29, 1.82) is 5.41 Å². The lowest BCUT2D eigenvalue weighted by Crippen LogP contribution is -2.05. The molecule has 2 aromatic carbocycles. The van der Waals surface area contributed by atoms with Gasteiger partial charge in [0.1, 0.15) is 12.4 Å². The van der Waals surface area contributed by atoms with Gasteiger partial charge in [-0.15, -0.1) is 0 Å². The number of halogens is 2. The van der Waals surface area contributed by atoms with E-state index in [1.165, 1.54) is 6.21 Å². The molecule has 2 N–H and O–H groups in total. The van der Waals surface area contributed by atoms with Crippen molar-refractivity contribution in [1.82, 2.24) is 5.32 Å². The van der Waals surface area contributed by atoms with Crippen molar-refractivity contribution >= 4 is 35.1 Å². The Morgan fingerprint density at radius 3 is 2.50 bits per heavy atom. The predicted molar refractivity (Wildman–Crippen MR) is 93.1 cm³/mol. The molecule has 0 unspecified atom stereocenters. The van der Waals surface area contributed by atoms with Gasteiger partial charge in [-0.3, -0.25) is 0 Å². The van der Waals surface area contributed by atoms with Crippen LogP contribution in [0.25, 0.3) is 5.70 Å². The first-order chi connectivity index (χ1) is 10.7. The Labute approximate surface area is 140 Å². The van der Waals surface area contributed by atoms with Gasteiger partial charge in [0.2, 0.25) is 0 Å². The number of hydrogen-bond acceptors (Lipinski definition) is 3. The Morgan fingerprint density at radius 2 is 1.86 bits per heavy atom. The molecule has 3 nitrogen and oxygen atoms in total. The fraction of sp³-hybridized carbons (Fsp3) is 0.118. The van der Waals surface area contributed by atoms with Crippen molar-refractivity contribution in [3.05, 3.63) is 69.7 Å². The van der Waals surface area contributed by atoms with E-state index >= 15 is 0 Å². The number of allylic oxidation sites excluding steroid dienone is 1. The van der Waals surface area contributed by atoms with Crippen molar-refractivity contribution in [2.24, 2.45) is 0 Å². The third-order valence-electron chi connectivity index (χ3n) is 3.11. The van der Waals surface area contributed by atoms with Crippen molar-refractivity contribution in [2.75, 3.05) is 7.05 Å². The van der Waals surface area contributed by atoms with Gasteiger partial charge in [0.05, 0.1) is 0 Å². The highest BCUT2D eigenvalue weighted by atomic mass is 35.5. The van der Waals surface area contributed by atoms with Crippen molar-refractivity contribution in [2.45, 2.75) is 6.61 Å². The highest BCUT2D eigenvalue weighted by Gasteiger charge is 2.07.